The van der Waals surface area contributed by atoms with Crippen molar-refractivity contribution in [3.8, 4) is 0 Å². The van der Waals surface area contributed by atoms with Gasteiger partial charge in [-0.1, -0.05) is 0 Å². The third-order valence-electron chi connectivity index (χ3n) is 2.26. The number of rotatable bonds is 7. The lowest BCUT2D eigenvalue weighted by atomic mass is 10.2. The number of carbonyl (C=O) groups is 3. The molecular formula is C12H22N2O4. The summed E-state index contributed by atoms with van der Waals surface area (Å²) in [6.07, 6.45) is 0.178. The van der Waals surface area contributed by atoms with Crippen LogP contribution < -0.4 is 5.32 Å². The molecule has 0 aromatic heterocycles. The summed E-state index contributed by atoms with van der Waals surface area (Å²) in [4.78, 5) is 35.4. The number of esters is 1. The van der Waals surface area contributed by atoms with Crippen LogP contribution in [0.4, 0.5) is 0 Å². The molecule has 0 aromatic carbocycles. The highest BCUT2D eigenvalue weighted by atomic mass is 16.5. The molecule has 0 spiro atoms. The second kappa shape index (κ2) is 8.49. The minimum atomic E-state index is -0.418. The molecule has 0 rings (SSSR count). The SMILES string of the molecule is CCOC(=O)CN(C(=O)CCNC(C)=O)C(C)C. The molecule has 0 saturated heterocycles. The van der Waals surface area contributed by atoms with Gasteiger partial charge in [-0.15, -0.1) is 0 Å². The summed E-state index contributed by atoms with van der Waals surface area (Å²) < 4.78 is 4.81. The van der Waals surface area contributed by atoms with Crippen LogP contribution in [0, 0.1) is 0 Å². The van der Waals surface area contributed by atoms with E-state index in [-0.39, 0.29) is 37.4 Å². The second-order valence-corrected chi connectivity index (χ2v) is 4.15. The number of nitrogens with one attached hydrogen (secondary N) is 1. The summed E-state index contributed by atoms with van der Waals surface area (Å²) in [5, 5.41) is 2.55. The van der Waals surface area contributed by atoms with Crippen LogP contribution in [0.25, 0.3) is 0 Å². The van der Waals surface area contributed by atoms with Crippen molar-refractivity contribution in [1.82, 2.24) is 10.2 Å². The first-order valence-electron chi connectivity index (χ1n) is 6.08. The smallest absolute Gasteiger partial charge is 0.325 e. The standard InChI is InChI=1S/C12H22N2O4/c1-5-18-12(17)8-14(9(2)3)11(16)6-7-13-10(4)15/h9H,5-8H2,1-4H3,(H,13,15). The Hall–Kier alpha value is -1.59. The van der Waals surface area contributed by atoms with Crippen molar-refractivity contribution < 1.29 is 19.1 Å². The average molecular weight is 258 g/mol. The molecule has 0 aliphatic heterocycles. The third-order valence-corrected chi connectivity index (χ3v) is 2.26. The normalized spacial score (nSPS) is 10.1. The van der Waals surface area contributed by atoms with E-state index in [1.807, 2.05) is 13.8 Å². The van der Waals surface area contributed by atoms with E-state index in [9.17, 15) is 14.4 Å². The number of hydrogen-bond acceptors (Lipinski definition) is 4. The van der Waals surface area contributed by atoms with Crippen molar-refractivity contribution in [2.45, 2.75) is 40.2 Å². The fourth-order valence-corrected chi connectivity index (χ4v) is 1.39. The van der Waals surface area contributed by atoms with Crippen LogP contribution in [0.1, 0.15) is 34.1 Å². The lowest BCUT2D eigenvalue weighted by molar-refractivity contribution is -0.150. The number of ether oxygens (including phenoxy) is 1. The summed E-state index contributed by atoms with van der Waals surface area (Å²) in [6.45, 7) is 7.29. The molecule has 0 aliphatic rings. The molecule has 0 aliphatic carbocycles. The Kier molecular flexibility index (Phi) is 7.74. The van der Waals surface area contributed by atoms with E-state index in [1.54, 1.807) is 6.92 Å². The van der Waals surface area contributed by atoms with Crippen molar-refractivity contribution in [2.75, 3.05) is 19.7 Å². The van der Waals surface area contributed by atoms with E-state index in [1.165, 1.54) is 11.8 Å². The van der Waals surface area contributed by atoms with Crippen molar-refractivity contribution in [3.63, 3.8) is 0 Å². The maximum absolute atomic E-state index is 11.9. The van der Waals surface area contributed by atoms with Crippen molar-refractivity contribution in [2.24, 2.45) is 0 Å². The van der Waals surface area contributed by atoms with Gasteiger partial charge in [0.2, 0.25) is 11.8 Å². The van der Waals surface area contributed by atoms with Crippen molar-refractivity contribution in [3.05, 3.63) is 0 Å². The molecule has 2 amide bonds. The van der Waals surface area contributed by atoms with Crippen LogP contribution in [0.5, 0.6) is 0 Å². The largest absolute Gasteiger partial charge is 0.465 e. The van der Waals surface area contributed by atoms with Gasteiger partial charge in [-0.2, -0.15) is 0 Å². The molecule has 104 valence electrons. The zero-order chi connectivity index (χ0) is 14.1. The highest BCUT2D eigenvalue weighted by Crippen LogP contribution is 2.02. The van der Waals surface area contributed by atoms with Gasteiger partial charge in [0, 0.05) is 25.9 Å². The molecule has 0 atom stereocenters. The molecule has 0 saturated carbocycles. The Balaban J connectivity index is 4.27. The van der Waals surface area contributed by atoms with E-state index >= 15 is 0 Å². The lowest BCUT2D eigenvalue weighted by Gasteiger charge is -2.25. The Morgan fingerprint density at radius 2 is 1.89 bits per heavy atom. The fraction of sp³-hybridized carbons (Fsp3) is 0.750. The van der Waals surface area contributed by atoms with Crippen LogP contribution >= 0.6 is 0 Å². The quantitative estimate of drug-likeness (QED) is 0.667. The van der Waals surface area contributed by atoms with E-state index in [2.05, 4.69) is 5.32 Å². The molecule has 0 radical (unpaired) electrons. The van der Waals surface area contributed by atoms with Crippen LogP contribution in [0.2, 0.25) is 0 Å². The van der Waals surface area contributed by atoms with Gasteiger partial charge in [0.15, 0.2) is 0 Å². The van der Waals surface area contributed by atoms with Crippen molar-refractivity contribution >= 4 is 17.8 Å². The van der Waals surface area contributed by atoms with E-state index in [0.29, 0.717) is 6.61 Å². The first-order chi connectivity index (χ1) is 8.38. The summed E-state index contributed by atoms with van der Waals surface area (Å²) in [7, 11) is 0. The van der Waals surface area contributed by atoms with E-state index in [0.717, 1.165) is 0 Å². The number of nitrogens with zero attached hydrogens (tertiary/aromatic N) is 1. The van der Waals surface area contributed by atoms with Gasteiger partial charge in [-0.05, 0) is 20.8 Å². The molecule has 0 fully saturated rings. The number of carbonyl (C=O) groups excluding carboxylic acids is 3. The van der Waals surface area contributed by atoms with Gasteiger partial charge in [0.25, 0.3) is 0 Å². The van der Waals surface area contributed by atoms with Gasteiger partial charge < -0.3 is 15.0 Å². The maximum atomic E-state index is 11.9. The molecule has 0 heterocycles. The van der Waals surface area contributed by atoms with Gasteiger partial charge in [0.1, 0.15) is 6.54 Å². The van der Waals surface area contributed by atoms with Crippen LogP contribution in [-0.4, -0.2) is 48.4 Å². The second-order valence-electron chi connectivity index (χ2n) is 4.15. The van der Waals surface area contributed by atoms with Gasteiger partial charge in [-0.25, -0.2) is 0 Å². The van der Waals surface area contributed by atoms with Crippen LogP contribution in [0.15, 0.2) is 0 Å². The zero-order valence-corrected chi connectivity index (χ0v) is 11.5. The molecule has 18 heavy (non-hydrogen) atoms. The summed E-state index contributed by atoms with van der Waals surface area (Å²) in [5.74, 6) is -0.768. The first-order valence-corrected chi connectivity index (χ1v) is 6.08. The molecule has 0 bridgehead atoms. The monoisotopic (exact) mass is 258 g/mol. The molecule has 0 unspecified atom stereocenters. The average Bonchev–Trinajstić information content (AvgIpc) is 2.25. The van der Waals surface area contributed by atoms with Gasteiger partial charge >= 0.3 is 5.97 Å². The highest BCUT2D eigenvalue weighted by Gasteiger charge is 2.20. The molecule has 0 aromatic rings. The fourth-order valence-electron chi connectivity index (χ4n) is 1.39. The Morgan fingerprint density at radius 1 is 1.28 bits per heavy atom. The maximum Gasteiger partial charge on any atom is 0.325 e. The predicted molar refractivity (Wildman–Crippen MR) is 66.8 cm³/mol. The van der Waals surface area contributed by atoms with Crippen molar-refractivity contribution in [1.29, 1.82) is 0 Å². The van der Waals surface area contributed by atoms with Gasteiger partial charge in [0.05, 0.1) is 6.61 Å². The molecule has 1 N–H and O–H groups in total. The van der Waals surface area contributed by atoms with E-state index in [4.69, 9.17) is 4.74 Å². The minimum absolute atomic E-state index is 0.0512. The lowest BCUT2D eigenvalue weighted by Crippen LogP contribution is -2.42. The summed E-state index contributed by atoms with van der Waals surface area (Å²) >= 11 is 0. The van der Waals surface area contributed by atoms with Crippen LogP contribution in [0.3, 0.4) is 0 Å². The summed E-state index contributed by atoms with van der Waals surface area (Å²) in [6, 6.07) is -0.0840. The Bertz CT molecular complexity index is 302. The molecule has 6 nitrogen and oxygen atoms in total. The predicted octanol–water partition coefficient (Wildman–Crippen LogP) is 0.313. The Morgan fingerprint density at radius 3 is 2.33 bits per heavy atom. The summed E-state index contributed by atoms with van der Waals surface area (Å²) in [5.41, 5.74) is 0. The highest BCUT2D eigenvalue weighted by molar-refractivity contribution is 5.83. The van der Waals surface area contributed by atoms with E-state index < -0.39 is 5.97 Å². The number of hydrogen-bond donors (Lipinski definition) is 1. The minimum Gasteiger partial charge on any atom is -0.465 e. The zero-order valence-electron chi connectivity index (χ0n) is 11.5. The molecule has 6 heteroatoms. The topological polar surface area (TPSA) is 75.7 Å². The Labute approximate surface area is 108 Å². The molecular weight excluding hydrogens is 236 g/mol. The third kappa shape index (κ3) is 6.88. The van der Waals surface area contributed by atoms with Gasteiger partial charge in [-0.3, -0.25) is 14.4 Å². The van der Waals surface area contributed by atoms with Crippen LogP contribution in [-0.2, 0) is 19.1 Å². The first kappa shape index (κ1) is 16.4. The number of amides is 2.